The summed E-state index contributed by atoms with van der Waals surface area (Å²) in [4.78, 5) is 27.7. The molecule has 2 amide bonds. The van der Waals surface area contributed by atoms with Gasteiger partial charge >= 0.3 is 0 Å². The van der Waals surface area contributed by atoms with Crippen LogP contribution in [0.25, 0.3) is 6.08 Å². The zero-order chi connectivity index (χ0) is 17.8. The Hall–Kier alpha value is -1.48. The summed E-state index contributed by atoms with van der Waals surface area (Å²) < 4.78 is 1.38. The fourth-order valence-corrected chi connectivity index (χ4v) is 4.63. The van der Waals surface area contributed by atoms with Crippen LogP contribution in [0.1, 0.15) is 11.3 Å². The summed E-state index contributed by atoms with van der Waals surface area (Å²) in [5, 5.41) is 4.77. The molecule has 0 spiro atoms. The molecule has 1 aromatic heterocycles. The van der Waals surface area contributed by atoms with Gasteiger partial charge in [0.1, 0.15) is 4.32 Å². The van der Waals surface area contributed by atoms with Gasteiger partial charge in [0, 0.05) is 28.0 Å². The maximum absolute atomic E-state index is 12.5. The highest BCUT2D eigenvalue weighted by atomic mass is 79.9. The molecule has 4 nitrogen and oxygen atoms in total. The second-order valence-electron chi connectivity index (χ2n) is 5.16. The van der Waals surface area contributed by atoms with Crippen LogP contribution in [-0.4, -0.2) is 27.6 Å². The molecule has 0 atom stereocenters. The van der Waals surface area contributed by atoms with Gasteiger partial charge in [0.05, 0.1) is 4.91 Å². The third-order valence-electron chi connectivity index (χ3n) is 3.36. The van der Waals surface area contributed by atoms with Gasteiger partial charge in [-0.25, -0.2) is 0 Å². The summed E-state index contributed by atoms with van der Waals surface area (Å²) in [6, 6.07) is 11.2. The number of halogens is 1. The van der Waals surface area contributed by atoms with Crippen molar-refractivity contribution in [2.45, 2.75) is 6.42 Å². The second kappa shape index (κ2) is 8.27. The van der Waals surface area contributed by atoms with Crippen LogP contribution in [-0.2, 0) is 9.59 Å². The van der Waals surface area contributed by atoms with Gasteiger partial charge in [0.15, 0.2) is 0 Å². The molecule has 1 fully saturated rings. The molecule has 2 heterocycles. The smallest absolute Gasteiger partial charge is 0.266 e. The average Bonchev–Trinajstić information content (AvgIpc) is 3.15. The van der Waals surface area contributed by atoms with Crippen molar-refractivity contribution in [3.05, 3.63) is 56.0 Å². The number of thiocarbonyl (C=S) groups is 1. The van der Waals surface area contributed by atoms with Crippen LogP contribution in [0.2, 0.25) is 0 Å². The zero-order valence-corrected chi connectivity index (χ0v) is 16.9. The van der Waals surface area contributed by atoms with E-state index in [0.717, 1.165) is 9.35 Å². The molecule has 3 rings (SSSR count). The maximum Gasteiger partial charge on any atom is 0.266 e. The Morgan fingerprint density at radius 2 is 2.16 bits per heavy atom. The number of rotatable bonds is 5. The molecular weight excluding hydrogens is 440 g/mol. The lowest BCUT2D eigenvalue weighted by atomic mass is 10.3. The minimum absolute atomic E-state index is 0.140. The Morgan fingerprint density at radius 3 is 2.88 bits per heavy atom. The molecule has 1 saturated heterocycles. The monoisotopic (exact) mass is 452 g/mol. The van der Waals surface area contributed by atoms with E-state index in [2.05, 4.69) is 21.2 Å². The number of carbonyl (C=O) groups excluding carboxylic acids is 2. The van der Waals surface area contributed by atoms with Crippen molar-refractivity contribution in [2.75, 3.05) is 11.9 Å². The lowest BCUT2D eigenvalue weighted by molar-refractivity contribution is -0.122. The van der Waals surface area contributed by atoms with E-state index in [4.69, 9.17) is 12.2 Å². The molecule has 128 valence electrons. The fraction of sp³-hybridized carbons (Fsp3) is 0.118. The van der Waals surface area contributed by atoms with E-state index >= 15 is 0 Å². The Morgan fingerprint density at radius 1 is 1.32 bits per heavy atom. The zero-order valence-electron chi connectivity index (χ0n) is 12.9. The van der Waals surface area contributed by atoms with Crippen LogP contribution in [0.5, 0.6) is 0 Å². The normalized spacial score (nSPS) is 15.9. The van der Waals surface area contributed by atoms with E-state index in [9.17, 15) is 9.59 Å². The number of thiophene rings is 1. The van der Waals surface area contributed by atoms with E-state index < -0.39 is 0 Å². The standard InChI is InChI=1S/C17H13BrN2O2S3/c18-11-3-1-4-12(9-11)19-15(21)6-7-20-16(22)14(25-17(20)23)10-13-5-2-8-24-13/h1-5,8-10H,6-7H2,(H,19,21). The summed E-state index contributed by atoms with van der Waals surface area (Å²) in [6.07, 6.45) is 2.02. The number of carbonyl (C=O) groups is 2. The van der Waals surface area contributed by atoms with E-state index in [1.807, 2.05) is 47.9 Å². The van der Waals surface area contributed by atoms with E-state index in [0.29, 0.717) is 14.9 Å². The minimum Gasteiger partial charge on any atom is -0.326 e. The van der Waals surface area contributed by atoms with Crippen LogP contribution >= 0.6 is 51.2 Å². The Labute approximate surface area is 167 Å². The third kappa shape index (κ3) is 4.78. The van der Waals surface area contributed by atoms with Crippen molar-refractivity contribution in [1.29, 1.82) is 0 Å². The molecule has 25 heavy (non-hydrogen) atoms. The van der Waals surface area contributed by atoms with Gasteiger partial charge in [-0.2, -0.15) is 0 Å². The van der Waals surface area contributed by atoms with E-state index in [1.165, 1.54) is 16.7 Å². The molecule has 8 heteroatoms. The first-order valence-electron chi connectivity index (χ1n) is 7.37. The number of benzene rings is 1. The molecule has 1 aliphatic rings. The molecule has 1 aliphatic heterocycles. The molecule has 1 N–H and O–H groups in total. The van der Waals surface area contributed by atoms with Crippen LogP contribution < -0.4 is 5.32 Å². The average molecular weight is 453 g/mol. The van der Waals surface area contributed by atoms with Gasteiger partial charge < -0.3 is 5.32 Å². The molecule has 2 aromatic rings. The van der Waals surface area contributed by atoms with E-state index in [-0.39, 0.29) is 24.8 Å². The Bertz CT molecular complexity index is 849. The van der Waals surface area contributed by atoms with Crippen LogP contribution in [0.4, 0.5) is 5.69 Å². The quantitative estimate of drug-likeness (QED) is 0.525. The SMILES string of the molecule is O=C(CCN1C(=O)C(=Cc2cccs2)SC1=S)Nc1cccc(Br)c1. The van der Waals surface area contributed by atoms with Gasteiger partial charge in [-0.15, -0.1) is 11.3 Å². The first-order chi connectivity index (χ1) is 12.0. The molecule has 0 unspecified atom stereocenters. The molecule has 1 aromatic carbocycles. The van der Waals surface area contributed by atoms with Crippen LogP contribution in [0, 0.1) is 0 Å². The lowest BCUT2D eigenvalue weighted by Crippen LogP contribution is -2.31. The number of nitrogens with one attached hydrogen (secondary N) is 1. The summed E-state index contributed by atoms with van der Waals surface area (Å²) >= 11 is 11.5. The van der Waals surface area contributed by atoms with Gasteiger partial charge in [-0.3, -0.25) is 14.5 Å². The number of hydrogen-bond acceptors (Lipinski definition) is 5. The molecule has 0 radical (unpaired) electrons. The van der Waals surface area contributed by atoms with Crippen LogP contribution in [0.3, 0.4) is 0 Å². The topological polar surface area (TPSA) is 49.4 Å². The van der Waals surface area contributed by atoms with Crippen molar-refractivity contribution in [3.8, 4) is 0 Å². The molecular formula is C17H13BrN2O2S3. The number of hydrogen-bond donors (Lipinski definition) is 1. The van der Waals surface area contributed by atoms with E-state index in [1.54, 1.807) is 11.3 Å². The number of nitrogens with zero attached hydrogens (tertiary/aromatic N) is 1. The highest BCUT2D eigenvalue weighted by Gasteiger charge is 2.32. The van der Waals surface area contributed by atoms with Gasteiger partial charge in [0.25, 0.3) is 5.91 Å². The first kappa shape index (κ1) is 18.3. The maximum atomic E-state index is 12.5. The number of thioether (sulfide) groups is 1. The predicted molar refractivity (Wildman–Crippen MR) is 112 cm³/mol. The van der Waals surface area contributed by atoms with Gasteiger partial charge in [0.2, 0.25) is 5.91 Å². The highest BCUT2D eigenvalue weighted by molar-refractivity contribution is 9.10. The first-order valence-corrected chi connectivity index (χ1v) is 10.3. The van der Waals surface area contributed by atoms with Gasteiger partial charge in [-0.1, -0.05) is 52.0 Å². The highest BCUT2D eigenvalue weighted by Crippen LogP contribution is 2.33. The van der Waals surface area contributed by atoms with Crippen molar-refractivity contribution >= 4 is 79.1 Å². The summed E-state index contributed by atoms with van der Waals surface area (Å²) in [6.45, 7) is 0.270. The Kier molecular flexibility index (Phi) is 6.06. The minimum atomic E-state index is -0.158. The predicted octanol–water partition coefficient (Wildman–Crippen LogP) is 4.74. The molecule has 0 bridgehead atoms. The summed E-state index contributed by atoms with van der Waals surface area (Å²) in [5.41, 5.74) is 0.711. The molecule has 0 saturated carbocycles. The molecule has 0 aliphatic carbocycles. The van der Waals surface area contributed by atoms with Crippen molar-refractivity contribution in [3.63, 3.8) is 0 Å². The summed E-state index contributed by atoms with van der Waals surface area (Å²) in [7, 11) is 0. The van der Waals surface area contributed by atoms with Gasteiger partial charge in [-0.05, 0) is 35.7 Å². The number of anilines is 1. The fourth-order valence-electron chi connectivity index (χ4n) is 2.20. The lowest BCUT2D eigenvalue weighted by Gasteiger charge is -2.14. The second-order valence-corrected chi connectivity index (χ2v) is 8.73. The van der Waals surface area contributed by atoms with Crippen LogP contribution in [0.15, 0.2) is 51.2 Å². The number of amides is 2. The third-order valence-corrected chi connectivity index (χ3v) is 6.05. The largest absolute Gasteiger partial charge is 0.326 e. The summed E-state index contributed by atoms with van der Waals surface area (Å²) in [5.74, 6) is -0.298. The van der Waals surface area contributed by atoms with Crippen molar-refractivity contribution in [1.82, 2.24) is 4.90 Å². The van der Waals surface area contributed by atoms with Crippen molar-refractivity contribution in [2.24, 2.45) is 0 Å². The Balaban J connectivity index is 1.58. The van der Waals surface area contributed by atoms with Crippen molar-refractivity contribution < 1.29 is 9.59 Å².